The zero-order chi connectivity index (χ0) is 4.28. The van der Waals surface area contributed by atoms with E-state index < -0.39 is 5.91 Å². The lowest BCUT2D eigenvalue weighted by Crippen LogP contribution is -3.00. The summed E-state index contributed by atoms with van der Waals surface area (Å²) in [5.41, 5.74) is 4.53. The quantitative estimate of drug-likeness (QED) is 0.347. The molecule has 0 fully saturated rings. The van der Waals surface area contributed by atoms with Gasteiger partial charge in [0.2, 0.25) is 5.91 Å². The summed E-state index contributed by atoms with van der Waals surface area (Å²) in [6, 6.07) is 0. The first kappa shape index (κ1) is 9.34. The van der Waals surface area contributed by atoms with Gasteiger partial charge in [0.1, 0.15) is 0 Å². The van der Waals surface area contributed by atoms with Gasteiger partial charge in [-0.25, -0.2) is 0 Å². The lowest BCUT2D eigenvalue weighted by molar-refractivity contribution is -0.113. The molecule has 0 aliphatic heterocycles. The van der Waals surface area contributed by atoms with Gasteiger partial charge in [0.15, 0.2) is 0 Å². The molecule has 6 heavy (non-hydrogen) atoms. The third-order valence-electron chi connectivity index (χ3n) is 0.201. The summed E-state index contributed by atoms with van der Waals surface area (Å²) in [6.07, 6.45) is 1.06. The van der Waals surface area contributed by atoms with Gasteiger partial charge in [-0.2, -0.15) is 0 Å². The van der Waals surface area contributed by atoms with E-state index in [9.17, 15) is 4.79 Å². The van der Waals surface area contributed by atoms with E-state index in [1.54, 1.807) is 0 Å². The van der Waals surface area contributed by atoms with Crippen molar-refractivity contribution in [3.8, 4) is 0 Å². The van der Waals surface area contributed by atoms with Gasteiger partial charge >= 0.3 is 0 Å². The number of nitrogens with two attached hydrogens (primary N) is 1. The fourth-order valence-electron chi connectivity index (χ4n) is 0. The van der Waals surface area contributed by atoms with E-state index in [-0.39, 0.29) is 24.0 Å². The largest absolute Gasteiger partial charge is 1.00 e. The summed E-state index contributed by atoms with van der Waals surface area (Å²) in [5, 5.41) is 0. The molecule has 0 spiro atoms. The van der Waals surface area contributed by atoms with Gasteiger partial charge in [0.25, 0.3) is 0 Å². The van der Waals surface area contributed by atoms with Gasteiger partial charge in [-0.1, -0.05) is 6.58 Å². The number of rotatable bonds is 1. The minimum Gasteiger partial charge on any atom is -1.00 e. The van der Waals surface area contributed by atoms with Crippen molar-refractivity contribution in [1.29, 1.82) is 0 Å². The second-order valence-electron chi connectivity index (χ2n) is 0.606. The predicted molar refractivity (Wildman–Crippen MR) is 19.4 cm³/mol. The Hall–Kier alpha value is -0.0600. The number of halogens is 1. The average Bonchev–Trinajstić information content (AvgIpc) is 1.38. The van der Waals surface area contributed by atoms with Gasteiger partial charge in [-0.3, -0.25) is 4.79 Å². The van der Waals surface area contributed by atoms with Crippen molar-refractivity contribution in [3.05, 3.63) is 12.7 Å². The molecule has 0 aromatic heterocycles. The van der Waals surface area contributed by atoms with Crippen LogP contribution in [0.5, 0.6) is 0 Å². The minimum atomic E-state index is -0.481. The third kappa shape index (κ3) is 9.05. The number of amides is 1. The van der Waals surface area contributed by atoms with Crippen molar-refractivity contribution in [2.24, 2.45) is 5.73 Å². The van der Waals surface area contributed by atoms with Crippen LogP contribution in [0, 0.1) is 0 Å². The van der Waals surface area contributed by atoms with E-state index in [2.05, 4.69) is 12.3 Å². The first-order valence-corrected chi connectivity index (χ1v) is 1.19. The van der Waals surface area contributed by atoms with Crippen LogP contribution in [0.4, 0.5) is 0 Å². The Balaban J connectivity index is 0. The van der Waals surface area contributed by atoms with Crippen LogP contribution in [0.1, 0.15) is 0 Å². The highest BCUT2D eigenvalue weighted by atomic mass is 127. The summed E-state index contributed by atoms with van der Waals surface area (Å²) in [4.78, 5) is 9.47. The van der Waals surface area contributed by atoms with Crippen LogP contribution in [-0.2, 0) is 4.79 Å². The molecule has 2 N–H and O–H groups in total. The Morgan fingerprint density at radius 2 is 2.00 bits per heavy atom. The van der Waals surface area contributed by atoms with Crippen LogP contribution in [0.2, 0.25) is 0 Å². The Morgan fingerprint density at radius 3 is 2.00 bits per heavy atom. The average molecular weight is 198 g/mol. The lowest BCUT2D eigenvalue weighted by atomic mass is 10.6. The number of hydrogen-bond acceptors (Lipinski definition) is 1. The molecule has 3 heteroatoms. The van der Waals surface area contributed by atoms with Gasteiger partial charge in [-0.05, 0) is 6.08 Å². The summed E-state index contributed by atoms with van der Waals surface area (Å²) in [7, 11) is 0. The van der Waals surface area contributed by atoms with Crippen LogP contribution >= 0.6 is 0 Å². The maximum Gasteiger partial charge on any atom is 0.240 e. The third-order valence-corrected chi connectivity index (χ3v) is 0.201. The van der Waals surface area contributed by atoms with Crippen LogP contribution in [-0.4, -0.2) is 5.91 Å². The Bertz CT molecular complexity index is 61.8. The molecule has 0 aliphatic rings. The number of hydrogen-bond donors (Lipinski definition) is 1. The van der Waals surface area contributed by atoms with Crippen LogP contribution in [0.25, 0.3) is 0 Å². The van der Waals surface area contributed by atoms with Crippen LogP contribution < -0.4 is 29.7 Å². The minimum absolute atomic E-state index is 0. The highest BCUT2D eigenvalue weighted by Gasteiger charge is 1.69. The topological polar surface area (TPSA) is 43.1 Å². The SMILES string of the molecule is C=CC(N)=O.[I-]. The highest BCUT2D eigenvalue weighted by molar-refractivity contribution is 5.84. The molecule has 0 aliphatic carbocycles. The number of primary amides is 1. The van der Waals surface area contributed by atoms with E-state index in [1.807, 2.05) is 0 Å². The van der Waals surface area contributed by atoms with Crippen molar-refractivity contribution in [1.82, 2.24) is 0 Å². The molecule has 0 saturated heterocycles. The maximum atomic E-state index is 9.47. The molecule has 1 amide bonds. The normalized spacial score (nSPS) is 5.33. The molecule has 0 atom stereocenters. The second-order valence-corrected chi connectivity index (χ2v) is 0.606. The molecule has 36 valence electrons. The van der Waals surface area contributed by atoms with E-state index in [4.69, 9.17) is 0 Å². The number of carbonyl (C=O) groups is 1. The van der Waals surface area contributed by atoms with Crippen LogP contribution in [0.3, 0.4) is 0 Å². The van der Waals surface area contributed by atoms with Gasteiger partial charge in [0.05, 0.1) is 0 Å². The van der Waals surface area contributed by atoms with E-state index in [0.29, 0.717) is 0 Å². The summed E-state index contributed by atoms with van der Waals surface area (Å²) < 4.78 is 0. The van der Waals surface area contributed by atoms with Gasteiger partial charge in [-0.15, -0.1) is 0 Å². The monoisotopic (exact) mass is 198 g/mol. The van der Waals surface area contributed by atoms with Crippen molar-refractivity contribution >= 4 is 5.91 Å². The van der Waals surface area contributed by atoms with E-state index >= 15 is 0 Å². The number of carbonyl (C=O) groups excluding carboxylic acids is 1. The van der Waals surface area contributed by atoms with Crippen molar-refractivity contribution < 1.29 is 28.8 Å². The molecular weight excluding hydrogens is 193 g/mol. The summed E-state index contributed by atoms with van der Waals surface area (Å²) in [6.45, 7) is 3.09. The summed E-state index contributed by atoms with van der Waals surface area (Å²) in [5.74, 6) is -0.481. The second kappa shape index (κ2) is 4.94. The fraction of sp³-hybridized carbons (Fsp3) is 0. The highest BCUT2D eigenvalue weighted by Crippen LogP contribution is 1.48. The maximum absolute atomic E-state index is 9.47. The molecule has 0 unspecified atom stereocenters. The van der Waals surface area contributed by atoms with Gasteiger partial charge in [0, 0.05) is 0 Å². The van der Waals surface area contributed by atoms with Gasteiger partial charge < -0.3 is 29.7 Å². The molecular formula is C3H5INO-. The lowest BCUT2D eigenvalue weighted by Gasteiger charge is -1.65. The van der Waals surface area contributed by atoms with Crippen LogP contribution in [0.15, 0.2) is 12.7 Å². The molecule has 0 heterocycles. The molecule has 0 radical (unpaired) electrons. The van der Waals surface area contributed by atoms with Crippen molar-refractivity contribution in [2.75, 3.05) is 0 Å². The molecule has 0 bridgehead atoms. The molecule has 2 nitrogen and oxygen atoms in total. The van der Waals surface area contributed by atoms with Crippen molar-refractivity contribution in [2.45, 2.75) is 0 Å². The fourth-order valence-corrected chi connectivity index (χ4v) is 0. The Morgan fingerprint density at radius 1 is 1.83 bits per heavy atom. The smallest absolute Gasteiger partial charge is 0.240 e. The zero-order valence-electron chi connectivity index (χ0n) is 3.15. The molecule has 0 aromatic carbocycles. The first-order chi connectivity index (χ1) is 2.27. The Labute approximate surface area is 53.4 Å². The first-order valence-electron chi connectivity index (χ1n) is 1.19. The van der Waals surface area contributed by atoms with Crippen molar-refractivity contribution in [3.63, 3.8) is 0 Å². The predicted octanol–water partition coefficient (Wildman–Crippen LogP) is -3.34. The summed E-state index contributed by atoms with van der Waals surface area (Å²) >= 11 is 0. The molecule has 0 rings (SSSR count). The Kier molecular flexibility index (Phi) is 7.69. The molecule has 0 saturated carbocycles. The van der Waals surface area contributed by atoms with E-state index in [1.165, 1.54) is 0 Å². The zero-order valence-corrected chi connectivity index (χ0v) is 5.31. The standard InChI is InChI=1S/C3H5NO.HI/c1-2-3(4)5;/h2H,1H2,(H2,4,5);1H/p-1. The van der Waals surface area contributed by atoms with E-state index in [0.717, 1.165) is 6.08 Å². The molecule has 0 aromatic rings.